The summed E-state index contributed by atoms with van der Waals surface area (Å²) in [7, 11) is 7.34. The third-order valence-electron chi connectivity index (χ3n) is 1.85. The van der Waals surface area contributed by atoms with Gasteiger partial charge >= 0.3 is 0 Å². The number of nitrogens with zero attached hydrogens (tertiary/aromatic N) is 2. The van der Waals surface area contributed by atoms with E-state index in [1.165, 1.54) is 0 Å². The highest BCUT2D eigenvalue weighted by Gasteiger charge is 1.98. The molecule has 0 aromatic rings. The van der Waals surface area contributed by atoms with Crippen LogP contribution in [-0.2, 0) is 9.59 Å². The molecular weight excluding hydrogens is 396 g/mol. The maximum Gasteiger partial charge on any atom is 0.222 e. The van der Waals surface area contributed by atoms with Crippen molar-refractivity contribution in [3.63, 3.8) is 0 Å². The molecule has 0 atom stereocenters. The van der Waals surface area contributed by atoms with Gasteiger partial charge in [-0.2, -0.15) is 0 Å². The van der Waals surface area contributed by atoms with E-state index in [0.29, 0.717) is 25.2 Å². The minimum Gasteiger partial charge on any atom is -0.349 e. The molecule has 0 aliphatic carbocycles. The topological polar surface area (TPSA) is 40.6 Å². The van der Waals surface area contributed by atoms with Gasteiger partial charge < -0.3 is 9.80 Å². The lowest BCUT2D eigenvalue weighted by atomic mass is 10.3. The number of carbonyl (C=O) groups is 2. The molecule has 0 aromatic heterocycles. The Morgan fingerprint density at radius 3 is 0.906 bits per heavy atom. The number of carbonyl (C=O) groups excluding carboxylic acids is 2. The number of hydrogen-bond acceptors (Lipinski definition) is 3. The molecule has 0 spiro atoms. The number of ketones is 1. The summed E-state index contributed by atoms with van der Waals surface area (Å²) in [5, 5.41) is 0. The highest BCUT2D eigenvalue weighted by atomic mass is 16.2. The summed E-state index contributed by atoms with van der Waals surface area (Å²) in [5.41, 5.74) is 0. The minimum atomic E-state index is 0. The molecule has 0 radical (unpaired) electrons. The van der Waals surface area contributed by atoms with Crippen LogP contribution in [0.2, 0.25) is 0 Å². The SMILES string of the molecule is C.C.C.C.C=C.C=C.C=C.C=C.C=C.C=C.CCC(=O)CN(C)C.CCCC(=O)N(C)C. The second-order valence-electron chi connectivity index (χ2n) is 4.17. The van der Waals surface area contributed by atoms with Crippen LogP contribution < -0.4 is 0 Å². The Bertz CT molecular complexity index is 263. The fourth-order valence-corrected chi connectivity index (χ4v) is 0.902. The summed E-state index contributed by atoms with van der Waals surface area (Å²) >= 11 is 0. The van der Waals surface area contributed by atoms with Gasteiger partial charge in [-0.25, -0.2) is 0 Å². The zero-order valence-corrected chi connectivity index (χ0v) is 20.0. The summed E-state index contributed by atoms with van der Waals surface area (Å²) < 4.78 is 0. The van der Waals surface area contributed by atoms with Gasteiger partial charge in [-0.15, -0.1) is 78.9 Å². The average Bonchev–Trinajstić information content (AvgIpc) is 2.76. The van der Waals surface area contributed by atoms with Crippen LogP contribution in [0.4, 0.5) is 0 Å². The molecule has 4 heteroatoms. The first-order valence-electron chi connectivity index (χ1n) is 8.71. The third kappa shape index (κ3) is 175. The standard InChI is InChI=1S/2C6H13NO.6C2H4.4CH4/c1-4-6(8)5-7(2)3;1-4-5-6(8)7(2)3;6*1-2;;;;/h2*4-5H2,1-3H3;6*1-2H2;4*1H4. The highest BCUT2D eigenvalue weighted by molar-refractivity contribution is 5.79. The van der Waals surface area contributed by atoms with Gasteiger partial charge in [0, 0.05) is 26.9 Å². The van der Waals surface area contributed by atoms with Crippen LogP contribution in [0.15, 0.2) is 78.9 Å². The van der Waals surface area contributed by atoms with E-state index in [1.54, 1.807) is 19.0 Å². The molecule has 0 fully saturated rings. The maximum atomic E-state index is 10.7. The molecule has 0 aliphatic rings. The van der Waals surface area contributed by atoms with Gasteiger partial charge in [-0.3, -0.25) is 9.59 Å². The maximum absolute atomic E-state index is 10.7. The lowest BCUT2D eigenvalue weighted by Crippen LogP contribution is -2.20. The summed E-state index contributed by atoms with van der Waals surface area (Å²) in [6.45, 7) is 40.5. The van der Waals surface area contributed by atoms with Gasteiger partial charge in [0.25, 0.3) is 0 Å². The first-order chi connectivity index (χ1) is 13.3. The largest absolute Gasteiger partial charge is 0.349 e. The van der Waals surface area contributed by atoms with E-state index in [1.807, 2.05) is 32.8 Å². The average molecular weight is 463 g/mol. The number of hydrogen-bond donors (Lipinski definition) is 0. The molecule has 32 heavy (non-hydrogen) atoms. The molecule has 0 bridgehead atoms. The molecular formula is C28H66N2O2. The third-order valence-corrected chi connectivity index (χ3v) is 1.85. The Morgan fingerprint density at radius 2 is 0.844 bits per heavy atom. The van der Waals surface area contributed by atoms with Crippen molar-refractivity contribution in [1.29, 1.82) is 0 Å². The molecule has 0 unspecified atom stereocenters. The number of amides is 1. The van der Waals surface area contributed by atoms with Crippen molar-refractivity contribution in [3.8, 4) is 0 Å². The van der Waals surface area contributed by atoms with Crippen LogP contribution in [0.3, 0.4) is 0 Å². The van der Waals surface area contributed by atoms with E-state index in [4.69, 9.17) is 0 Å². The predicted molar refractivity (Wildman–Crippen MR) is 162 cm³/mol. The van der Waals surface area contributed by atoms with Crippen LogP contribution in [0, 0.1) is 0 Å². The van der Waals surface area contributed by atoms with Gasteiger partial charge in [0.2, 0.25) is 5.91 Å². The molecule has 0 rings (SSSR count). The second kappa shape index (κ2) is 118. The van der Waals surface area contributed by atoms with Gasteiger partial charge in [-0.05, 0) is 20.5 Å². The van der Waals surface area contributed by atoms with Gasteiger partial charge in [0.1, 0.15) is 5.78 Å². The Kier molecular flexibility index (Phi) is 289. The molecule has 200 valence electrons. The summed E-state index contributed by atoms with van der Waals surface area (Å²) in [6.07, 6.45) is 2.27. The zero-order valence-electron chi connectivity index (χ0n) is 20.0. The smallest absolute Gasteiger partial charge is 0.222 e. The molecule has 0 saturated heterocycles. The molecule has 1 amide bonds. The summed E-state index contributed by atoms with van der Waals surface area (Å²) in [6, 6.07) is 0. The van der Waals surface area contributed by atoms with Crippen molar-refractivity contribution in [2.24, 2.45) is 0 Å². The van der Waals surface area contributed by atoms with Crippen molar-refractivity contribution >= 4 is 11.7 Å². The van der Waals surface area contributed by atoms with Crippen molar-refractivity contribution < 1.29 is 9.59 Å². The van der Waals surface area contributed by atoms with Crippen LogP contribution >= 0.6 is 0 Å². The summed E-state index contributed by atoms with van der Waals surface area (Å²) in [4.78, 5) is 24.7. The quantitative estimate of drug-likeness (QED) is 0.383. The Morgan fingerprint density at radius 1 is 0.594 bits per heavy atom. The van der Waals surface area contributed by atoms with E-state index < -0.39 is 0 Å². The van der Waals surface area contributed by atoms with Crippen LogP contribution in [0.5, 0.6) is 0 Å². The van der Waals surface area contributed by atoms with Crippen LogP contribution in [0.1, 0.15) is 62.8 Å². The number of likely N-dealkylation sites (N-methyl/N-ethyl adjacent to an activating group) is 1. The van der Waals surface area contributed by atoms with E-state index in [0.717, 1.165) is 6.42 Å². The molecule has 4 nitrogen and oxygen atoms in total. The lowest BCUT2D eigenvalue weighted by Gasteiger charge is -2.07. The van der Waals surface area contributed by atoms with Crippen molar-refractivity contribution in [2.75, 3.05) is 34.7 Å². The fourth-order valence-electron chi connectivity index (χ4n) is 0.902. The fraction of sp³-hybridized carbons (Fsp3) is 0.500. The predicted octanol–water partition coefficient (Wildman–Crippen LogP) is 8.76. The van der Waals surface area contributed by atoms with Gasteiger partial charge in [-0.1, -0.05) is 43.6 Å². The summed E-state index contributed by atoms with van der Waals surface area (Å²) in [5.74, 6) is 0.516. The van der Waals surface area contributed by atoms with Crippen molar-refractivity contribution in [2.45, 2.75) is 62.8 Å². The van der Waals surface area contributed by atoms with Crippen LogP contribution in [0.25, 0.3) is 0 Å². The van der Waals surface area contributed by atoms with E-state index >= 15 is 0 Å². The van der Waals surface area contributed by atoms with Crippen molar-refractivity contribution in [3.05, 3.63) is 78.9 Å². The molecule has 0 aromatic carbocycles. The molecule has 0 aliphatic heterocycles. The second-order valence-corrected chi connectivity index (χ2v) is 4.17. The van der Waals surface area contributed by atoms with E-state index in [-0.39, 0.29) is 35.6 Å². The Labute approximate surface area is 207 Å². The van der Waals surface area contributed by atoms with Gasteiger partial charge in [0.05, 0.1) is 6.54 Å². The van der Waals surface area contributed by atoms with Gasteiger partial charge in [0.15, 0.2) is 0 Å². The Balaban J connectivity index is -0.0000000157. The monoisotopic (exact) mass is 463 g/mol. The lowest BCUT2D eigenvalue weighted by molar-refractivity contribution is -0.128. The van der Waals surface area contributed by atoms with E-state index in [9.17, 15) is 9.59 Å². The van der Waals surface area contributed by atoms with Crippen LogP contribution in [-0.4, -0.2) is 56.2 Å². The molecule has 0 heterocycles. The van der Waals surface area contributed by atoms with Crippen molar-refractivity contribution in [1.82, 2.24) is 9.80 Å². The molecule has 0 saturated carbocycles. The Hall–Kier alpha value is -2.46. The first kappa shape index (κ1) is 78.2. The number of rotatable bonds is 5. The molecule has 0 N–H and O–H groups in total. The zero-order chi connectivity index (χ0) is 25.1. The van der Waals surface area contributed by atoms with E-state index in [2.05, 4.69) is 78.9 Å². The first-order valence-corrected chi connectivity index (χ1v) is 8.71. The highest BCUT2D eigenvalue weighted by Crippen LogP contribution is 1.89. The number of Topliss-reactive ketones (excluding diaryl/α,β-unsaturated/α-hetero) is 1. The normalized spacial score (nSPS) is 5.47. The minimum absolute atomic E-state index is 0.